The summed E-state index contributed by atoms with van der Waals surface area (Å²) in [6, 6.07) is 14.0. The first-order valence-corrected chi connectivity index (χ1v) is 13.2. The predicted octanol–water partition coefficient (Wildman–Crippen LogP) is 9.12. The molecule has 5 rings (SSSR count). The van der Waals surface area contributed by atoms with Crippen LogP contribution in [0.2, 0.25) is 10.0 Å². The molecule has 1 fully saturated rings. The van der Waals surface area contributed by atoms with Gasteiger partial charge in [-0.15, -0.1) is 0 Å². The molecule has 1 saturated heterocycles. The summed E-state index contributed by atoms with van der Waals surface area (Å²) < 4.78 is 28.1. The molecule has 2 aliphatic heterocycles. The molecule has 0 amide bonds. The van der Waals surface area contributed by atoms with Crippen molar-refractivity contribution in [3.63, 3.8) is 0 Å². The minimum absolute atomic E-state index is 0.139. The van der Waals surface area contributed by atoms with E-state index in [1.54, 1.807) is 6.07 Å². The van der Waals surface area contributed by atoms with Gasteiger partial charge in [-0.3, -0.25) is 4.90 Å². The first-order chi connectivity index (χ1) is 17.1. The van der Waals surface area contributed by atoms with Crippen LogP contribution in [0.5, 0.6) is 0 Å². The maximum absolute atomic E-state index is 14.3. The minimum Gasteiger partial charge on any atom is -0.314 e. The molecule has 0 spiro atoms. The highest BCUT2D eigenvalue weighted by Gasteiger charge is 2.30. The van der Waals surface area contributed by atoms with E-state index in [2.05, 4.69) is 37.8 Å². The lowest BCUT2D eigenvalue weighted by atomic mass is 9.83. The Morgan fingerprint density at radius 2 is 1.58 bits per heavy atom. The number of hydrogen-bond donors (Lipinski definition) is 0. The molecule has 0 saturated carbocycles. The first-order valence-electron chi connectivity index (χ1n) is 12.4. The Kier molecular flexibility index (Phi) is 6.88. The highest BCUT2D eigenvalue weighted by molar-refractivity contribution is 6.39. The number of allylic oxidation sites excluding steroid dienone is 1. The summed E-state index contributed by atoms with van der Waals surface area (Å²) in [5, 5.41) is 1.11. The number of anilines is 2. The first kappa shape index (κ1) is 25.3. The van der Waals surface area contributed by atoms with Crippen molar-refractivity contribution < 1.29 is 8.78 Å². The number of fused-ring (bicyclic) bond motifs is 1. The molecule has 0 N–H and O–H groups in total. The Morgan fingerprint density at radius 3 is 2.22 bits per heavy atom. The van der Waals surface area contributed by atoms with Gasteiger partial charge in [0.1, 0.15) is 0 Å². The van der Waals surface area contributed by atoms with Crippen molar-refractivity contribution in [1.29, 1.82) is 0 Å². The highest BCUT2D eigenvalue weighted by Crippen LogP contribution is 2.46. The van der Waals surface area contributed by atoms with Gasteiger partial charge in [-0.1, -0.05) is 47.5 Å². The van der Waals surface area contributed by atoms with Gasteiger partial charge >= 0.3 is 0 Å². The molecule has 3 aromatic rings. The van der Waals surface area contributed by atoms with Crippen LogP contribution < -0.4 is 4.90 Å². The van der Waals surface area contributed by atoms with E-state index in [1.165, 1.54) is 17.7 Å². The topological polar surface area (TPSA) is 6.48 Å². The lowest BCUT2D eigenvalue weighted by molar-refractivity contribution is 0.102. The molecule has 0 aromatic heterocycles. The lowest BCUT2D eigenvalue weighted by Crippen LogP contribution is -2.45. The zero-order valence-corrected chi connectivity index (χ0v) is 22.3. The number of likely N-dealkylation sites (tertiary alicyclic amines) is 1. The van der Waals surface area contributed by atoms with Crippen LogP contribution in [0, 0.1) is 11.6 Å². The summed E-state index contributed by atoms with van der Waals surface area (Å²) in [5.41, 5.74) is 5.65. The van der Waals surface area contributed by atoms with E-state index in [-0.39, 0.29) is 5.54 Å². The van der Waals surface area contributed by atoms with Crippen molar-refractivity contribution in [3.8, 4) is 11.1 Å². The van der Waals surface area contributed by atoms with Crippen molar-refractivity contribution in [3.05, 3.63) is 93.6 Å². The van der Waals surface area contributed by atoms with Crippen molar-refractivity contribution >= 4 is 34.6 Å². The van der Waals surface area contributed by atoms with E-state index in [0.717, 1.165) is 42.7 Å². The second kappa shape index (κ2) is 9.81. The van der Waals surface area contributed by atoms with Crippen molar-refractivity contribution in [1.82, 2.24) is 4.90 Å². The van der Waals surface area contributed by atoms with Gasteiger partial charge in [-0.25, -0.2) is 8.78 Å². The number of halogens is 4. The highest BCUT2D eigenvalue weighted by atomic mass is 35.5. The van der Waals surface area contributed by atoms with Crippen LogP contribution in [0.1, 0.15) is 50.7 Å². The number of rotatable bonds is 3. The Morgan fingerprint density at radius 1 is 0.889 bits per heavy atom. The lowest BCUT2D eigenvalue weighted by Gasteiger charge is -2.41. The number of benzene rings is 3. The van der Waals surface area contributed by atoms with E-state index in [1.807, 2.05) is 35.4 Å². The third-order valence-electron chi connectivity index (χ3n) is 7.41. The summed E-state index contributed by atoms with van der Waals surface area (Å²) in [7, 11) is 0. The van der Waals surface area contributed by atoms with E-state index in [9.17, 15) is 8.78 Å². The van der Waals surface area contributed by atoms with Crippen LogP contribution in [-0.4, -0.2) is 23.5 Å². The molecular weight excluding hydrogens is 497 g/mol. The van der Waals surface area contributed by atoms with Crippen LogP contribution in [0.25, 0.3) is 11.1 Å². The van der Waals surface area contributed by atoms with Crippen molar-refractivity contribution in [2.45, 2.75) is 51.5 Å². The summed E-state index contributed by atoms with van der Waals surface area (Å²) in [5.74, 6) is -1.32. The Hall–Kier alpha value is -2.40. The molecule has 6 heteroatoms. The zero-order chi connectivity index (χ0) is 25.6. The van der Waals surface area contributed by atoms with Gasteiger partial charge in [0.15, 0.2) is 11.6 Å². The Labute approximate surface area is 222 Å². The average molecular weight is 527 g/mol. The maximum Gasteiger partial charge on any atom is 0.159 e. The summed E-state index contributed by atoms with van der Waals surface area (Å²) in [6.45, 7) is 8.80. The summed E-state index contributed by atoms with van der Waals surface area (Å²) in [6.07, 6.45) is 6.79. The van der Waals surface area contributed by atoms with Gasteiger partial charge in [0, 0.05) is 11.7 Å². The molecule has 2 nitrogen and oxygen atoms in total. The molecule has 188 valence electrons. The van der Waals surface area contributed by atoms with Crippen LogP contribution >= 0.6 is 23.2 Å². The maximum atomic E-state index is 14.3. The average Bonchev–Trinajstić information content (AvgIpc) is 2.85. The van der Waals surface area contributed by atoms with Crippen LogP contribution in [-0.2, 0) is 6.42 Å². The van der Waals surface area contributed by atoms with Gasteiger partial charge < -0.3 is 4.90 Å². The largest absolute Gasteiger partial charge is 0.314 e. The fourth-order valence-electron chi connectivity index (χ4n) is 5.42. The van der Waals surface area contributed by atoms with Gasteiger partial charge in [-0.2, -0.15) is 0 Å². The second-order valence-electron chi connectivity index (χ2n) is 10.7. The third-order valence-corrected chi connectivity index (χ3v) is 8.02. The monoisotopic (exact) mass is 526 g/mol. The van der Waals surface area contributed by atoms with Gasteiger partial charge in [-0.05, 0) is 112 Å². The normalized spacial score (nSPS) is 16.9. The quantitative estimate of drug-likeness (QED) is 0.335. The van der Waals surface area contributed by atoms with Crippen molar-refractivity contribution in [2.75, 3.05) is 18.0 Å². The van der Waals surface area contributed by atoms with Crippen LogP contribution in [0.4, 0.5) is 20.2 Å². The van der Waals surface area contributed by atoms with E-state index >= 15 is 0 Å². The molecular formula is C30H30Cl2F2N2. The number of para-hydroxylation sites is 1. The van der Waals surface area contributed by atoms with E-state index in [4.69, 9.17) is 23.2 Å². The summed E-state index contributed by atoms with van der Waals surface area (Å²) in [4.78, 5) is 4.55. The third kappa shape index (κ3) is 4.79. The number of hydrogen-bond acceptors (Lipinski definition) is 2. The minimum atomic E-state index is -0.845. The smallest absolute Gasteiger partial charge is 0.159 e. The fraction of sp³-hybridized carbons (Fsp3) is 0.333. The Balaban J connectivity index is 1.64. The number of nitrogens with zero attached hydrogens (tertiary/aromatic N) is 2. The molecule has 0 atom stereocenters. The van der Waals surface area contributed by atoms with E-state index < -0.39 is 11.6 Å². The SMILES string of the molecule is CC(C)(C)N1CCC(c2cc(-c3ccc(F)c(F)c3)c3c(c2)N(c2c(Cl)cccc2Cl)C=CC3)CC1. The molecule has 0 unspecified atom stereocenters. The molecule has 0 aliphatic carbocycles. The van der Waals surface area contributed by atoms with Crippen LogP contribution in [0.3, 0.4) is 0 Å². The second-order valence-corrected chi connectivity index (χ2v) is 11.5. The standard InChI is InChI=1S/C30H30Cl2F2N2/c1-30(2,3)35-14-11-19(12-15-35)21-16-23(20-9-10-26(33)27(34)17-20)22-6-5-13-36(28(22)18-21)29-24(31)7-4-8-25(29)32/h4-5,7-10,13,16-19H,6,11-12,14-15H2,1-3H3. The molecule has 0 radical (unpaired) electrons. The van der Waals surface area contributed by atoms with Gasteiger partial charge in [0.2, 0.25) is 0 Å². The molecule has 2 heterocycles. The molecule has 36 heavy (non-hydrogen) atoms. The van der Waals surface area contributed by atoms with Gasteiger partial charge in [0.05, 0.1) is 21.4 Å². The number of piperidine rings is 1. The molecule has 2 aliphatic rings. The Bertz CT molecular complexity index is 1300. The molecule has 0 bridgehead atoms. The van der Waals surface area contributed by atoms with Crippen LogP contribution in [0.15, 0.2) is 60.8 Å². The summed E-state index contributed by atoms with van der Waals surface area (Å²) >= 11 is 13.2. The van der Waals surface area contributed by atoms with Crippen molar-refractivity contribution in [2.24, 2.45) is 0 Å². The zero-order valence-electron chi connectivity index (χ0n) is 20.8. The predicted molar refractivity (Wildman–Crippen MR) is 147 cm³/mol. The fourth-order valence-corrected chi connectivity index (χ4v) is 6.00. The van der Waals surface area contributed by atoms with Gasteiger partial charge in [0.25, 0.3) is 0 Å². The molecule has 3 aromatic carbocycles. The van der Waals surface area contributed by atoms with E-state index in [0.29, 0.717) is 33.6 Å².